The van der Waals surface area contributed by atoms with Crippen molar-refractivity contribution in [2.75, 3.05) is 42.3 Å². The second-order valence-corrected chi connectivity index (χ2v) is 7.72. The van der Waals surface area contributed by atoms with E-state index in [1.54, 1.807) is 37.3 Å². The largest absolute Gasteiger partial charge is 0.353 e. The molecule has 3 rings (SSSR count). The Morgan fingerprint density at radius 1 is 1.04 bits per heavy atom. The number of hydrogen-bond donors (Lipinski definition) is 1. The summed E-state index contributed by atoms with van der Waals surface area (Å²) in [7, 11) is -3.67. The summed E-state index contributed by atoms with van der Waals surface area (Å²) in [6.07, 6.45) is 0. The van der Waals surface area contributed by atoms with Crippen molar-refractivity contribution in [1.29, 1.82) is 0 Å². The number of nitrogens with one attached hydrogen (secondary N) is 1. The molecule has 8 heteroatoms. The minimum Gasteiger partial charge on any atom is -0.353 e. The number of nitrogens with zero attached hydrogens (tertiary/aromatic N) is 4. The monoisotopic (exact) mass is 361 g/mol. The van der Waals surface area contributed by atoms with Crippen molar-refractivity contribution in [1.82, 2.24) is 15.1 Å². The van der Waals surface area contributed by atoms with Crippen LogP contribution in [0.5, 0.6) is 0 Å². The Kier molecular flexibility index (Phi) is 5.19. The number of aryl methyl sites for hydroxylation is 1. The first-order valence-corrected chi connectivity index (χ1v) is 9.87. The van der Waals surface area contributed by atoms with Crippen LogP contribution >= 0.6 is 0 Å². The molecule has 1 aromatic heterocycles. The molecule has 1 aliphatic rings. The molecule has 0 bridgehead atoms. The molecule has 1 aliphatic heterocycles. The van der Waals surface area contributed by atoms with Gasteiger partial charge in [0.2, 0.25) is 0 Å². The van der Waals surface area contributed by atoms with Gasteiger partial charge in [-0.25, -0.2) is 8.42 Å². The molecule has 0 unspecified atom stereocenters. The third kappa shape index (κ3) is 4.08. The standard InChI is InChI=1S/C17H23N5O2S/c1-3-21-10-12-22(13-11-21)17-9-8-16(18-19-17)20-25(23,24)15-7-5-4-6-14(15)2/h4-9H,3,10-13H2,1-2H3,(H,18,20). The van der Waals surface area contributed by atoms with Crippen LogP contribution in [-0.4, -0.2) is 56.2 Å². The number of anilines is 2. The van der Waals surface area contributed by atoms with Gasteiger partial charge in [-0.1, -0.05) is 25.1 Å². The van der Waals surface area contributed by atoms with Gasteiger partial charge in [-0.3, -0.25) is 4.72 Å². The number of hydrogen-bond acceptors (Lipinski definition) is 6. The average molecular weight is 361 g/mol. The van der Waals surface area contributed by atoms with Gasteiger partial charge in [0, 0.05) is 26.2 Å². The summed E-state index contributed by atoms with van der Waals surface area (Å²) in [6, 6.07) is 10.3. The molecule has 2 heterocycles. The Balaban J connectivity index is 1.70. The lowest BCUT2D eigenvalue weighted by Gasteiger charge is -2.34. The van der Waals surface area contributed by atoms with E-state index in [9.17, 15) is 8.42 Å². The van der Waals surface area contributed by atoms with Crippen molar-refractivity contribution in [2.24, 2.45) is 0 Å². The molecular formula is C17H23N5O2S. The van der Waals surface area contributed by atoms with E-state index < -0.39 is 10.0 Å². The number of rotatable bonds is 5. The third-order valence-corrected chi connectivity index (χ3v) is 5.93. The van der Waals surface area contributed by atoms with Crippen LogP contribution in [0.2, 0.25) is 0 Å². The second kappa shape index (κ2) is 7.37. The average Bonchev–Trinajstić information content (AvgIpc) is 2.62. The summed E-state index contributed by atoms with van der Waals surface area (Å²) in [6.45, 7) is 8.77. The zero-order valence-electron chi connectivity index (χ0n) is 14.5. The van der Waals surface area contributed by atoms with E-state index in [1.165, 1.54) is 0 Å². The van der Waals surface area contributed by atoms with Crippen LogP contribution in [0.3, 0.4) is 0 Å². The SMILES string of the molecule is CCN1CCN(c2ccc(NS(=O)(=O)c3ccccc3C)nn2)CC1. The lowest BCUT2D eigenvalue weighted by molar-refractivity contribution is 0.270. The summed E-state index contributed by atoms with van der Waals surface area (Å²) >= 11 is 0. The highest BCUT2D eigenvalue weighted by Gasteiger charge is 2.19. The molecule has 2 aromatic rings. The molecule has 1 saturated heterocycles. The lowest BCUT2D eigenvalue weighted by Crippen LogP contribution is -2.46. The highest BCUT2D eigenvalue weighted by Crippen LogP contribution is 2.19. The predicted octanol–water partition coefficient (Wildman–Crippen LogP) is 1.73. The normalized spacial score (nSPS) is 16.0. The van der Waals surface area contributed by atoms with E-state index in [0.717, 1.165) is 38.5 Å². The number of likely N-dealkylation sites (N-methyl/N-ethyl adjacent to an activating group) is 1. The topological polar surface area (TPSA) is 78.4 Å². The van der Waals surface area contributed by atoms with Gasteiger partial charge in [0.1, 0.15) is 0 Å². The summed E-state index contributed by atoms with van der Waals surface area (Å²) < 4.78 is 27.5. The first kappa shape index (κ1) is 17.6. The molecule has 0 amide bonds. The Labute approximate surface area is 148 Å². The van der Waals surface area contributed by atoms with Crippen LogP contribution in [-0.2, 0) is 10.0 Å². The highest BCUT2D eigenvalue weighted by atomic mass is 32.2. The Hall–Kier alpha value is -2.19. The molecule has 7 nitrogen and oxygen atoms in total. The van der Waals surface area contributed by atoms with Gasteiger partial charge in [-0.2, -0.15) is 0 Å². The second-order valence-electron chi connectivity index (χ2n) is 6.07. The maximum atomic E-state index is 12.5. The summed E-state index contributed by atoms with van der Waals surface area (Å²) in [5, 5.41) is 8.22. The first-order valence-electron chi connectivity index (χ1n) is 8.39. The minimum absolute atomic E-state index is 0.221. The zero-order valence-corrected chi connectivity index (χ0v) is 15.3. The molecular weight excluding hydrogens is 338 g/mol. The number of sulfonamides is 1. The molecule has 134 valence electrons. The summed E-state index contributed by atoms with van der Waals surface area (Å²) in [4.78, 5) is 4.80. The predicted molar refractivity (Wildman–Crippen MR) is 98.3 cm³/mol. The van der Waals surface area contributed by atoms with Gasteiger partial charge in [0.15, 0.2) is 11.6 Å². The van der Waals surface area contributed by atoms with E-state index in [4.69, 9.17) is 0 Å². The number of aromatic nitrogens is 2. The van der Waals surface area contributed by atoms with Crippen molar-refractivity contribution in [3.05, 3.63) is 42.0 Å². The Bertz CT molecular complexity index is 815. The van der Waals surface area contributed by atoms with E-state index in [2.05, 4.69) is 31.6 Å². The highest BCUT2D eigenvalue weighted by molar-refractivity contribution is 7.92. The van der Waals surface area contributed by atoms with E-state index >= 15 is 0 Å². The van der Waals surface area contributed by atoms with Crippen molar-refractivity contribution >= 4 is 21.7 Å². The van der Waals surface area contributed by atoms with Crippen LogP contribution in [0, 0.1) is 6.92 Å². The van der Waals surface area contributed by atoms with E-state index in [0.29, 0.717) is 5.56 Å². The minimum atomic E-state index is -3.67. The van der Waals surface area contributed by atoms with Gasteiger partial charge in [0.25, 0.3) is 10.0 Å². The molecule has 0 saturated carbocycles. The molecule has 25 heavy (non-hydrogen) atoms. The fourth-order valence-electron chi connectivity index (χ4n) is 2.89. The molecule has 1 fully saturated rings. The molecule has 0 spiro atoms. The zero-order chi connectivity index (χ0) is 17.9. The fourth-order valence-corrected chi connectivity index (χ4v) is 4.14. The Morgan fingerprint density at radius 2 is 1.76 bits per heavy atom. The van der Waals surface area contributed by atoms with Crippen molar-refractivity contribution in [2.45, 2.75) is 18.7 Å². The van der Waals surface area contributed by atoms with E-state index in [1.807, 2.05) is 6.07 Å². The fraction of sp³-hybridized carbons (Fsp3) is 0.412. The van der Waals surface area contributed by atoms with Crippen LogP contribution in [0.4, 0.5) is 11.6 Å². The van der Waals surface area contributed by atoms with Crippen LogP contribution in [0.1, 0.15) is 12.5 Å². The molecule has 0 radical (unpaired) electrons. The molecule has 0 aliphatic carbocycles. The summed E-state index contributed by atoms with van der Waals surface area (Å²) in [5.74, 6) is 0.994. The maximum Gasteiger partial charge on any atom is 0.263 e. The number of piperazine rings is 1. The molecule has 1 N–H and O–H groups in total. The van der Waals surface area contributed by atoms with Gasteiger partial charge >= 0.3 is 0 Å². The van der Waals surface area contributed by atoms with Gasteiger partial charge in [0.05, 0.1) is 4.90 Å². The smallest absolute Gasteiger partial charge is 0.263 e. The van der Waals surface area contributed by atoms with Crippen molar-refractivity contribution in [3.8, 4) is 0 Å². The van der Waals surface area contributed by atoms with E-state index in [-0.39, 0.29) is 10.7 Å². The molecule has 0 atom stereocenters. The third-order valence-electron chi connectivity index (χ3n) is 4.42. The number of benzene rings is 1. The van der Waals surface area contributed by atoms with Gasteiger partial charge in [-0.05, 0) is 37.2 Å². The Morgan fingerprint density at radius 3 is 2.36 bits per heavy atom. The van der Waals surface area contributed by atoms with Gasteiger partial charge < -0.3 is 9.80 Å². The quantitative estimate of drug-likeness (QED) is 0.874. The summed E-state index contributed by atoms with van der Waals surface area (Å²) in [5.41, 5.74) is 0.688. The first-order chi connectivity index (χ1) is 12.0. The lowest BCUT2D eigenvalue weighted by atomic mass is 10.2. The van der Waals surface area contributed by atoms with Crippen LogP contribution in [0.15, 0.2) is 41.3 Å². The maximum absolute atomic E-state index is 12.5. The molecule has 1 aromatic carbocycles. The van der Waals surface area contributed by atoms with Crippen molar-refractivity contribution in [3.63, 3.8) is 0 Å². The van der Waals surface area contributed by atoms with Crippen LogP contribution < -0.4 is 9.62 Å². The van der Waals surface area contributed by atoms with Gasteiger partial charge in [-0.15, -0.1) is 10.2 Å². The van der Waals surface area contributed by atoms with Crippen molar-refractivity contribution < 1.29 is 8.42 Å². The van der Waals surface area contributed by atoms with Crippen LogP contribution in [0.25, 0.3) is 0 Å².